The van der Waals surface area contributed by atoms with Crippen LogP contribution in [0.4, 0.5) is 0 Å². The maximum Gasteiger partial charge on any atom is 0.0593 e. The summed E-state index contributed by atoms with van der Waals surface area (Å²) in [4.78, 5) is 2.55. The van der Waals surface area contributed by atoms with E-state index in [9.17, 15) is 0 Å². The van der Waals surface area contributed by atoms with Crippen LogP contribution in [0.15, 0.2) is 0 Å². The Morgan fingerprint density at radius 2 is 1.48 bits per heavy atom. The number of nitrogens with two attached hydrogens (primary N) is 1. The lowest BCUT2D eigenvalue weighted by Crippen LogP contribution is -2.64. The van der Waals surface area contributed by atoms with Crippen LogP contribution in [0.5, 0.6) is 0 Å². The predicted octanol–water partition coefficient (Wildman–Crippen LogP) is 2.66. The number of nitrogens with zero attached hydrogens (tertiary/aromatic N) is 1. The van der Waals surface area contributed by atoms with Crippen LogP contribution in [0.25, 0.3) is 0 Å². The molecular formula is C17H36N2O2. The van der Waals surface area contributed by atoms with E-state index in [0.717, 1.165) is 46.1 Å². The number of ether oxygens (including phenoxy) is 2. The van der Waals surface area contributed by atoms with Gasteiger partial charge in [0.2, 0.25) is 0 Å². The van der Waals surface area contributed by atoms with Gasteiger partial charge in [0.05, 0.1) is 13.2 Å². The molecule has 4 heteroatoms. The fourth-order valence-corrected chi connectivity index (χ4v) is 3.83. The summed E-state index contributed by atoms with van der Waals surface area (Å²) < 4.78 is 11.2. The van der Waals surface area contributed by atoms with Gasteiger partial charge < -0.3 is 15.2 Å². The second-order valence-electron chi connectivity index (χ2n) is 6.71. The molecule has 0 aliphatic heterocycles. The molecule has 0 spiro atoms. The Hall–Kier alpha value is -0.160. The maximum absolute atomic E-state index is 6.30. The first kappa shape index (κ1) is 18.9. The van der Waals surface area contributed by atoms with E-state index < -0.39 is 0 Å². The van der Waals surface area contributed by atoms with Crippen LogP contribution >= 0.6 is 0 Å². The van der Waals surface area contributed by atoms with Crippen LogP contribution in [0, 0.1) is 5.41 Å². The average molecular weight is 300 g/mol. The molecular weight excluding hydrogens is 264 g/mol. The van der Waals surface area contributed by atoms with Crippen LogP contribution in [-0.4, -0.2) is 56.5 Å². The van der Waals surface area contributed by atoms with Crippen molar-refractivity contribution in [3.63, 3.8) is 0 Å². The molecule has 126 valence electrons. The van der Waals surface area contributed by atoms with Crippen molar-refractivity contribution in [3.05, 3.63) is 0 Å². The molecule has 0 amide bonds. The van der Waals surface area contributed by atoms with Gasteiger partial charge in [0.15, 0.2) is 0 Å². The van der Waals surface area contributed by atoms with E-state index in [1.807, 2.05) is 13.8 Å². The van der Waals surface area contributed by atoms with Crippen LogP contribution in [0.2, 0.25) is 0 Å². The molecule has 2 N–H and O–H groups in total. The highest BCUT2D eigenvalue weighted by atomic mass is 16.5. The van der Waals surface area contributed by atoms with Crippen molar-refractivity contribution in [1.29, 1.82) is 0 Å². The Kier molecular flexibility index (Phi) is 8.17. The molecule has 0 radical (unpaired) electrons. The van der Waals surface area contributed by atoms with Crippen LogP contribution < -0.4 is 5.73 Å². The molecule has 1 rings (SSSR count). The highest BCUT2D eigenvalue weighted by Crippen LogP contribution is 2.46. The molecule has 0 saturated heterocycles. The first-order chi connectivity index (χ1) is 10.0. The zero-order valence-corrected chi connectivity index (χ0v) is 14.6. The summed E-state index contributed by atoms with van der Waals surface area (Å²) in [6.07, 6.45) is 5.04. The minimum atomic E-state index is 0.0828. The maximum atomic E-state index is 6.30. The van der Waals surface area contributed by atoms with E-state index in [-0.39, 0.29) is 11.0 Å². The number of hydrogen-bond donors (Lipinski definition) is 1. The Labute approximate surface area is 131 Å². The standard InChI is InChI=1S/C17H36N2O2/c1-5-20-13-11-19(12-14-21-6-2)17(15-18)10-8-7-9-16(17,3)4/h5-15,18H2,1-4H3. The minimum Gasteiger partial charge on any atom is -0.380 e. The van der Waals surface area contributed by atoms with Crippen LogP contribution in [0.1, 0.15) is 53.4 Å². The highest BCUT2D eigenvalue weighted by molar-refractivity contribution is 5.05. The summed E-state index contributed by atoms with van der Waals surface area (Å²) >= 11 is 0. The average Bonchev–Trinajstić information content (AvgIpc) is 2.46. The lowest BCUT2D eigenvalue weighted by molar-refractivity contribution is -0.0648. The van der Waals surface area contributed by atoms with Gasteiger partial charge in [-0.3, -0.25) is 4.90 Å². The fourth-order valence-electron chi connectivity index (χ4n) is 3.83. The summed E-state index contributed by atoms with van der Waals surface area (Å²) in [5, 5.41) is 0. The van der Waals surface area contributed by atoms with Gasteiger partial charge in [0.25, 0.3) is 0 Å². The third-order valence-electron chi connectivity index (χ3n) is 5.26. The molecule has 4 nitrogen and oxygen atoms in total. The largest absolute Gasteiger partial charge is 0.380 e. The zero-order chi connectivity index (χ0) is 15.8. The third-order valence-corrected chi connectivity index (χ3v) is 5.26. The van der Waals surface area contributed by atoms with Gasteiger partial charge in [0, 0.05) is 38.4 Å². The number of hydrogen-bond acceptors (Lipinski definition) is 4. The van der Waals surface area contributed by atoms with E-state index in [1.54, 1.807) is 0 Å². The summed E-state index contributed by atoms with van der Waals surface area (Å²) in [6.45, 7) is 14.6. The molecule has 0 aromatic heterocycles. The minimum absolute atomic E-state index is 0.0828. The molecule has 0 heterocycles. The van der Waals surface area contributed by atoms with Crippen molar-refractivity contribution in [2.24, 2.45) is 11.1 Å². The summed E-state index contributed by atoms with van der Waals surface area (Å²) in [5.74, 6) is 0. The zero-order valence-electron chi connectivity index (χ0n) is 14.6. The van der Waals surface area contributed by atoms with Gasteiger partial charge in [-0.2, -0.15) is 0 Å². The van der Waals surface area contributed by atoms with Gasteiger partial charge in [0.1, 0.15) is 0 Å². The molecule has 0 aromatic carbocycles. The third kappa shape index (κ3) is 4.65. The van der Waals surface area contributed by atoms with Crippen molar-refractivity contribution < 1.29 is 9.47 Å². The molecule has 1 fully saturated rings. The SMILES string of the molecule is CCOCCN(CCOCC)C1(CN)CCCCC1(C)C. The van der Waals surface area contributed by atoms with E-state index in [1.165, 1.54) is 25.7 Å². The van der Waals surface area contributed by atoms with Crippen LogP contribution in [-0.2, 0) is 9.47 Å². The van der Waals surface area contributed by atoms with Crippen molar-refractivity contribution in [3.8, 4) is 0 Å². The van der Waals surface area contributed by atoms with Gasteiger partial charge in [-0.25, -0.2) is 0 Å². The first-order valence-electron chi connectivity index (χ1n) is 8.64. The molecule has 1 unspecified atom stereocenters. The van der Waals surface area contributed by atoms with Crippen molar-refractivity contribution in [2.45, 2.75) is 58.9 Å². The van der Waals surface area contributed by atoms with E-state index in [2.05, 4.69) is 18.7 Å². The topological polar surface area (TPSA) is 47.7 Å². The van der Waals surface area contributed by atoms with E-state index in [0.29, 0.717) is 0 Å². The van der Waals surface area contributed by atoms with Gasteiger partial charge in [-0.05, 0) is 32.1 Å². The Balaban J connectivity index is 2.83. The molecule has 1 saturated carbocycles. The first-order valence-corrected chi connectivity index (χ1v) is 8.64. The van der Waals surface area contributed by atoms with E-state index >= 15 is 0 Å². The van der Waals surface area contributed by atoms with Gasteiger partial charge in [-0.15, -0.1) is 0 Å². The Morgan fingerprint density at radius 1 is 0.952 bits per heavy atom. The van der Waals surface area contributed by atoms with Gasteiger partial charge >= 0.3 is 0 Å². The number of rotatable bonds is 10. The summed E-state index contributed by atoms with van der Waals surface area (Å²) in [7, 11) is 0. The quantitative estimate of drug-likeness (QED) is 0.630. The normalized spacial score (nSPS) is 25.4. The van der Waals surface area contributed by atoms with Crippen LogP contribution in [0.3, 0.4) is 0 Å². The molecule has 1 aliphatic rings. The lowest BCUT2D eigenvalue weighted by atomic mass is 9.62. The Bertz CT molecular complexity index is 274. The smallest absolute Gasteiger partial charge is 0.0593 e. The van der Waals surface area contributed by atoms with Gasteiger partial charge in [-0.1, -0.05) is 26.7 Å². The second-order valence-corrected chi connectivity index (χ2v) is 6.71. The molecule has 1 atom stereocenters. The molecule has 1 aliphatic carbocycles. The molecule has 21 heavy (non-hydrogen) atoms. The van der Waals surface area contributed by atoms with Crippen molar-refractivity contribution in [1.82, 2.24) is 4.90 Å². The summed E-state index contributed by atoms with van der Waals surface area (Å²) in [5.41, 5.74) is 6.63. The monoisotopic (exact) mass is 300 g/mol. The second kappa shape index (κ2) is 9.09. The van der Waals surface area contributed by atoms with E-state index in [4.69, 9.17) is 15.2 Å². The molecule has 0 aromatic rings. The fraction of sp³-hybridized carbons (Fsp3) is 1.00. The highest BCUT2D eigenvalue weighted by Gasteiger charge is 2.49. The lowest BCUT2D eigenvalue weighted by Gasteiger charge is -2.56. The molecule has 0 bridgehead atoms. The predicted molar refractivity (Wildman–Crippen MR) is 88.6 cm³/mol. The van der Waals surface area contributed by atoms with Crippen molar-refractivity contribution in [2.75, 3.05) is 46.1 Å². The van der Waals surface area contributed by atoms with Crippen molar-refractivity contribution >= 4 is 0 Å². The summed E-state index contributed by atoms with van der Waals surface area (Å²) in [6, 6.07) is 0. The Morgan fingerprint density at radius 3 is 1.90 bits per heavy atom.